The molecule has 0 nitrogen and oxygen atoms in total. The highest BCUT2D eigenvalue weighted by atomic mass is 14.1. The average Bonchev–Trinajstić information content (AvgIpc) is 2.46. The van der Waals surface area contributed by atoms with Gasteiger partial charge in [0.25, 0.3) is 0 Å². The molecule has 0 bridgehead atoms. The summed E-state index contributed by atoms with van der Waals surface area (Å²) in [6, 6.07) is 0. The second-order valence-electron chi connectivity index (χ2n) is 6.63. The zero-order chi connectivity index (χ0) is 15.1. The van der Waals surface area contributed by atoms with E-state index in [9.17, 15) is 0 Å². The molecule has 0 fully saturated rings. The Balaban J connectivity index is 3.34. The van der Waals surface area contributed by atoms with E-state index < -0.39 is 0 Å². The van der Waals surface area contributed by atoms with Gasteiger partial charge in [0.1, 0.15) is 0 Å². The third-order valence-corrected chi connectivity index (χ3v) is 4.54. The molecule has 0 aliphatic carbocycles. The van der Waals surface area contributed by atoms with Crippen LogP contribution in [0.4, 0.5) is 0 Å². The van der Waals surface area contributed by atoms with Crippen molar-refractivity contribution < 1.29 is 0 Å². The maximum absolute atomic E-state index is 4.30. The fourth-order valence-electron chi connectivity index (χ4n) is 2.81. The van der Waals surface area contributed by atoms with E-state index in [1.54, 1.807) is 0 Å². The fraction of sp³-hybridized carbons (Fsp3) is 0.900. The molecule has 0 saturated heterocycles. The summed E-state index contributed by atoms with van der Waals surface area (Å²) >= 11 is 0. The minimum Gasteiger partial charge on any atom is -0.0996 e. The van der Waals surface area contributed by atoms with Crippen LogP contribution in [0.15, 0.2) is 12.2 Å². The van der Waals surface area contributed by atoms with Gasteiger partial charge in [0, 0.05) is 0 Å². The highest BCUT2D eigenvalue weighted by Gasteiger charge is 2.06. The van der Waals surface area contributed by atoms with Gasteiger partial charge in [-0.15, -0.1) is 0 Å². The molecular weight excluding hydrogens is 240 g/mol. The Labute approximate surface area is 129 Å². The van der Waals surface area contributed by atoms with Crippen molar-refractivity contribution in [3.8, 4) is 0 Å². The summed E-state index contributed by atoms with van der Waals surface area (Å²) in [7, 11) is 0. The SMILES string of the molecule is C=C(CCCCCC)C(C)CCCCCCCCCC. The topological polar surface area (TPSA) is 0 Å². The van der Waals surface area contributed by atoms with E-state index >= 15 is 0 Å². The summed E-state index contributed by atoms with van der Waals surface area (Å²) in [5, 5.41) is 0. The van der Waals surface area contributed by atoms with Gasteiger partial charge in [-0.1, -0.05) is 104 Å². The Morgan fingerprint density at radius 3 is 1.70 bits per heavy atom. The predicted octanol–water partition coefficient (Wildman–Crippen LogP) is 7.68. The van der Waals surface area contributed by atoms with Crippen LogP contribution in [0.5, 0.6) is 0 Å². The molecule has 0 saturated carbocycles. The van der Waals surface area contributed by atoms with Crippen LogP contribution in [0.2, 0.25) is 0 Å². The molecule has 0 aromatic heterocycles. The van der Waals surface area contributed by atoms with Gasteiger partial charge < -0.3 is 0 Å². The van der Waals surface area contributed by atoms with Crippen molar-refractivity contribution in [3.63, 3.8) is 0 Å². The summed E-state index contributed by atoms with van der Waals surface area (Å²) in [4.78, 5) is 0. The predicted molar refractivity (Wildman–Crippen MR) is 94.3 cm³/mol. The Bertz CT molecular complexity index is 204. The van der Waals surface area contributed by atoms with Gasteiger partial charge in [-0.05, 0) is 25.2 Å². The van der Waals surface area contributed by atoms with Crippen molar-refractivity contribution in [2.75, 3.05) is 0 Å². The quantitative estimate of drug-likeness (QED) is 0.213. The van der Waals surface area contributed by atoms with Crippen LogP contribution >= 0.6 is 0 Å². The number of unbranched alkanes of at least 4 members (excludes halogenated alkanes) is 10. The second kappa shape index (κ2) is 15.1. The summed E-state index contributed by atoms with van der Waals surface area (Å²) < 4.78 is 0. The molecule has 0 amide bonds. The molecule has 0 N–H and O–H groups in total. The Kier molecular flexibility index (Phi) is 14.9. The summed E-state index contributed by atoms with van der Waals surface area (Å²) in [6.45, 7) is 11.2. The molecule has 0 aliphatic rings. The van der Waals surface area contributed by atoms with E-state index in [1.807, 2.05) is 0 Å². The highest BCUT2D eigenvalue weighted by molar-refractivity contribution is 4.98. The molecule has 0 heterocycles. The molecule has 0 rings (SSSR count). The van der Waals surface area contributed by atoms with E-state index in [0.717, 1.165) is 5.92 Å². The Morgan fingerprint density at radius 1 is 0.700 bits per heavy atom. The van der Waals surface area contributed by atoms with Crippen LogP contribution < -0.4 is 0 Å². The van der Waals surface area contributed by atoms with Crippen molar-refractivity contribution in [3.05, 3.63) is 12.2 Å². The van der Waals surface area contributed by atoms with Crippen LogP contribution in [-0.4, -0.2) is 0 Å². The van der Waals surface area contributed by atoms with Crippen LogP contribution in [-0.2, 0) is 0 Å². The zero-order valence-corrected chi connectivity index (χ0v) is 14.7. The number of allylic oxidation sites excluding steroid dienone is 1. The first-order valence-corrected chi connectivity index (χ1v) is 9.40. The van der Waals surface area contributed by atoms with Crippen LogP contribution in [0.3, 0.4) is 0 Å². The van der Waals surface area contributed by atoms with E-state index in [0.29, 0.717) is 0 Å². The molecule has 0 heteroatoms. The minimum absolute atomic E-state index is 0.747. The highest BCUT2D eigenvalue weighted by Crippen LogP contribution is 2.22. The molecule has 1 unspecified atom stereocenters. The minimum atomic E-state index is 0.747. The summed E-state index contributed by atoms with van der Waals surface area (Å²) in [6.07, 6.45) is 19.5. The lowest BCUT2D eigenvalue weighted by molar-refractivity contribution is 0.507. The Hall–Kier alpha value is -0.260. The van der Waals surface area contributed by atoms with Gasteiger partial charge in [-0.3, -0.25) is 0 Å². The van der Waals surface area contributed by atoms with E-state index in [4.69, 9.17) is 0 Å². The fourth-order valence-corrected chi connectivity index (χ4v) is 2.81. The standard InChI is InChI=1S/C20H40/c1-5-7-9-11-12-13-14-16-18-20(4)19(3)17-15-10-8-6-2/h20H,3,5-18H2,1-2,4H3. The van der Waals surface area contributed by atoms with Crippen molar-refractivity contribution in [2.24, 2.45) is 5.92 Å². The van der Waals surface area contributed by atoms with Crippen molar-refractivity contribution in [1.29, 1.82) is 0 Å². The lowest BCUT2D eigenvalue weighted by Crippen LogP contribution is -1.99. The summed E-state index contributed by atoms with van der Waals surface area (Å²) in [5.41, 5.74) is 1.50. The third kappa shape index (κ3) is 12.8. The van der Waals surface area contributed by atoms with Crippen LogP contribution in [0.25, 0.3) is 0 Å². The van der Waals surface area contributed by atoms with E-state index in [-0.39, 0.29) is 0 Å². The first-order chi connectivity index (χ1) is 9.72. The van der Waals surface area contributed by atoms with E-state index in [2.05, 4.69) is 27.4 Å². The van der Waals surface area contributed by atoms with Gasteiger partial charge in [-0.2, -0.15) is 0 Å². The molecular formula is C20H40. The number of hydrogen-bond donors (Lipinski definition) is 0. The van der Waals surface area contributed by atoms with Crippen LogP contribution in [0, 0.1) is 5.92 Å². The van der Waals surface area contributed by atoms with Crippen molar-refractivity contribution >= 4 is 0 Å². The monoisotopic (exact) mass is 280 g/mol. The maximum Gasteiger partial charge on any atom is -0.0234 e. The number of hydrogen-bond acceptors (Lipinski definition) is 0. The van der Waals surface area contributed by atoms with Gasteiger partial charge >= 0.3 is 0 Å². The number of rotatable bonds is 15. The molecule has 0 aliphatic heterocycles. The van der Waals surface area contributed by atoms with Gasteiger partial charge in [0.15, 0.2) is 0 Å². The average molecular weight is 281 g/mol. The van der Waals surface area contributed by atoms with Gasteiger partial charge in [-0.25, -0.2) is 0 Å². The van der Waals surface area contributed by atoms with Crippen molar-refractivity contribution in [1.82, 2.24) is 0 Å². The molecule has 1 atom stereocenters. The Morgan fingerprint density at radius 2 is 1.15 bits per heavy atom. The molecule has 120 valence electrons. The molecule has 0 aromatic carbocycles. The smallest absolute Gasteiger partial charge is 0.0234 e. The molecule has 0 aromatic rings. The summed E-state index contributed by atoms with van der Waals surface area (Å²) in [5.74, 6) is 0.747. The van der Waals surface area contributed by atoms with Crippen molar-refractivity contribution in [2.45, 2.75) is 111 Å². The van der Waals surface area contributed by atoms with Crippen LogP contribution in [0.1, 0.15) is 111 Å². The van der Waals surface area contributed by atoms with Gasteiger partial charge in [0.05, 0.1) is 0 Å². The van der Waals surface area contributed by atoms with Gasteiger partial charge in [0.2, 0.25) is 0 Å². The third-order valence-electron chi connectivity index (χ3n) is 4.54. The molecule has 0 spiro atoms. The molecule has 20 heavy (non-hydrogen) atoms. The normalized spacial score (nSPS) is 12.6. The first-order valence-electron chi connectivity index (χ1n) is 9.40. The lowest BCUT2D eigenvalue weighted by Gasteiger charge is -2.14. The maximum atomic E-state index is 4.30. The zero-order valence-electron chi connectivity index (χ0n) is 14.7. The molecule has 0 radical (unpaired) electrons. The van der Waals surface area contributed by atoms with E-state index in [1.165, 1.54) is 95.5 Å². The second-order valence-corrected chi connectivity index (χ2v) is 6.63. The largest absolute Gasteiger partial charge is 0.0996 e. The lowest BCUT2D eigenvalue weighted by atomic mass is 9.92. The first kappa shape index (κ1) is 19.7.